The second-order valence-corrected chi connectivity index (χ2v) is 7.55. The maximum Gasteiger partial charge on any atom is 0.240 e. The molecule has 10 heteroatoms. The van der Waals surface area contributed by atoms with E-state index in [4.69, 9.17) is 0 Å². The van der Waals surface area contributed by atoms with Crippen LogP contribution in [-0.4, -0.2) is 25.9 Å². The molecule has 0 aliphatic heterocycles. The molecular weight excluding hydrogens is 348 g/mol. The van der Waals surface area contributed by atoms with E-state index in [1.54, 1.807) is 6.20 Å². The molecule has 0 radical (unpaired) electrons. The Labute approximate surface area is 135 Å². The van der Waals surface area contributed by atoms with E-state index in [-0.39, 0.29) is 13.0 Å². The molecule has 6 nitrogen and oxygen atoms in total. The lowest BCUT2D eigenvalue weighted by atomic mass is 10.3. The van der Waals surface area contributed by atoms with E-state index in [0.29, 0.717) is 11.2 Å². The lowest BCUT2D eigenvalue weighted by Crippen LogP contribution is -2.28. The van der Waals surface area contributed by atoms with Gasteiger partial charge < -0.3 is 5.32 Å². The van der Waals surface area contributed by atoms with Crippen LogP contribution in [0.15, 0.2) is 29.3 Å². The van der Waals surface area contributed by atoms with Gasteiger partial charge in [-0.2, -0.15) is 0 Å². The molecule has 0 aliphatic rings. The van der Waals surface area contributed by atoms with Crippen molar-refractivity contribution in [2.24, 2.45) is 0 Å². The summed E-state index contributed by atoms with van der Waals surface area (Å²) >= 11 is 1.30. The van der Waals surface area contributed by atoms with Crippen molar-refractivity contribution in [3.8, 4) is 0 Å². The zero-order valence-corrected chi connectivity index (χ0v) is 13.6. The maximum absolute atomic E-state index is 13.1. The van der Waals surface area contributed by atoms with Crippen molar-refractivity contribution in [3.05, 3.63) is 40.9 Å². The standard InChI is InChI=1S/C13H13F2N3O3S2/c1-8-7-16-13(22-8)18-12(19)4-5-17-23(20,21)9-2-3-10(14)11(15)6-9/h2-3,6-7,17H,4-5H2,1H3,(H,16,18,19). The largest absolute Gasteiger partial charge is 0.302 e. The summed E-state index contributed by atoms with van der Waals surface area (Å²) in [5, 5.41) is 2.96. The topological polar surface area (TPSA) is 88.2 Å². The highest BCUT2D eigenvalue weighted by atomic mass is 32.2. The third kappa shape index (κ3) is 4.78. The van der Waals surface area contributed by atoms with Crippen molar-refractivity contribution in [3.63, 3.8) is 0 Å². The molecule has 0 atom stereocenters. The first-order chi connectivity index (χ1) is 10.8. The first-order valence-electron chi connectivity index (χ1n) is 6.45. The van der Waals surface area contributed by atoms with Gasteiger partial charge in [0.15, 0.2) is 16.8 Å². The summed E-state index contributed by atoms with van der Waals surface area (Å²) in [4.78, 5) is 16.1. The van der Waals surface area contributed by atoms with Gasteiger partial charge in [0.1, 0.15) is 0 Å². The molecule has 0 saturated carbocycles. The van der Waals surface area contributed by atoms with Gasteiger partial charge in [-0.25, -0.2) is 26.9 Å². The summed E-state index contributed by atoms with van der Waals surface area (Å²) in [7, 11) is -4.01. The van der Waals surface area contributed by atoms with Crippen molar-refractivity contribution < 1.29 is 22.0 Å². The molecule has 0 bridgehead atoms. The second kappa shape index (κ2) is 7.11. The third-order valence-corrected chi connectivity index (χ3v) is 5.00. The monoisotopic (exact) mass is 361 g/mol. The number of amides is 1. The quantitative estimate of drug-likeness (QED) is 0.824. The van der Waals surface area contributed by atoms with E-state index in [9.17, 15) is 22.0 Å². The van der Waals surface area contributed by atoms with Crippen LogP contribution in [0.4, 0.5) is 13.9 Å². The summed E-state index contributed by atoms with van der Waals surface area (Å²) in [5.41, 5.74) is 0. The van der Waals surface area contributed by atoms with Crippen molar-refractivity contribution in [2.75, 3.05) is 11.9 Å². The Balaban J connectivity index is 1.89. The smallest absolute Gasteiger partial charge is 0.240 e. The Bertz CT molecular complexity index is 822. The summed E-state index contributed by atoms with van der Waals surface area (Å²) in [6.45, 7) is 1.65. The average molecular weight is 361 g/mol. The van der Waals surface area contributed by atoms with Crippen LogP contribution in [0.2, 0.25) is 0 Å². The summed E-state index contributed by atoms with van der Waals surface area (Å²) < 4.78 is 51.8. The molecule has 1 amide bonds. The fraction of sp³-hybridized carbons (Fsp3) is 0.231. The van der Waals surface area contributed by atoms with E-state index < -0.39 is 32.5 Å². The van der Waals surface area contributed by atoms with Crippen LogP contribution in [0.3, 0.4) is 0 Å². The Morgan fingerprint density at radius 2 is 2.04 bits per heavy atom. The lowest BCUT2D eigenvalue weighted by Gasteiger charge is -2.07. The number of sulfonamides is 1. The molecular formula is C13H13F2N3O3S2. The van der Waals surface area contributed by atoms with Crippen molar-refractivity contribution >= 4 is 32.4 Å². The molecule has 124 valence electrons. The van der Waals surface area contributed by atoms with E-state index in [0.717, 1.165) is 17.0 Å². The predicted molar refractivity (Wildman–Crippen MR) is 81.6 cm³/mol. The van der Waals surface area contributed by atoms with E-state index in [2.05, 4.69) is 15.0 Å². The number of hydrogen-bond acceptors (Lipinski definition) is 5. The maximum atomic E-state index is 13.1. The van der Waals surface area contributed by atoms with Crippen LogP contribution in [0, 0.1) is 18.6 Å². The zero-order chi connectivity index (χ0) is 17.0. The molecule has 2 aromatic rings. The number of benzene rings is 1. The minimum absolute atomic E-state index is 0.123. The van der Waals surface area contributed by atoms with Gasteiger partial charge in [-0.05, 0) is 25.1 Å². The molecule has 1 heterocycles. The summed E-state index contributed by atoms with van der Waals surface area (Å²) in [5.74, 6) is -2.81. The normalized spacial score (nSPS) is 11.4. The number of halogens is 2. The molecule has 0 spiro atoms. The van der Waals surface area contributed by atoms with Crippen LogP contribution in [-0.2, 0) is 14.8 Å². The van der Waals surface area contributed by atoms with Gasteiger partial charge in [0.25, 0.3) is 0 Å². The highest BCUT2D eigenvalue weighted by molar-refractivity contribution is 7.89. The predicted octanol–water partition coefficient (Wildman–Crippen LogP) is 2.04. The number of hydrogen-bond donors (Lipinski definition) is 2. The van der Waals surface area contributed by atoms with Crippen LogP contribution in [0.25, 0.3) is 0 Å². The molecule has 2 N–H and O–H groups in total. The lowest BCUT2D eigenvalue weighted by molar-refractivity contribution is -0.116. The van der Waals surface area contributed by atoms with Gasteiger partial charge in [0.05, 0.1) is 4.90 Å². The van der Waals surface area contributed by atoms with Gasteiger partial charge in [-0.3, -0.25) is 4.79 Å². The van der Waals surface area contributed by atoms with Gasteiger partial charge >= 0.3 is 0 Å². The molecule has 0 saturated heterocycles. The molecule has 0 unspecified atom stereocenters. The second-order valence-electron chi connectivity index (χ2n) is 4.55. The molecule has 1 aromatic heterocycles. The molecule has 23 heavy (non-hydrogen) atoms. The first kappa shape index (κ1) is 17.4. The van der Waals surface area contributed by atoms with Crippen molar-refractivity contribution in [1.82, 2.24) is 9.71 Å². The Morgan fingerprint density at radius 1 is 1.30 bits per heavy atom. The van der Waals surface area contributed by atoms with Gasteiger partial charge in [-0.15, -0.1) is 11.3 Å². The van der Waals surface area contributed by atoms with Gasteiger partial charge in [-0.1, -0.05) is 0 Å². The molecule has 1 aromatic carbocycles. The van der Waals surface area contributed by atoms with Gasteiger partial charge in [0, 0.05) is 24.0 Å². The Hall–Kier alpha value is -1.91. The SMILES string of the molecule is Cc1cnc(NC(=O)CCNS(=O)(=O)c2ccc(F)c(F)c2)s1. The number of aryl methyl sites for hydroxylation is 1. The number of carbonyl (C=O) groups excluding carboxylic acids is 1. The molecule has 2 rings (SSSR count). The van der Waals surface area contributed by atoms with E-state index >= 15 is 0 Å². The first-order valence-corrected chi connectivity index (χ1v) is 8.75. The van der Waals surface area contributed by atoms with Crippen molar-refractivity contribution in [2.45, 2.75) is 18.2 Å². The summed E-state index contributed by atoms with van der Waals surface area (Å²) in [6.07, 6.45) is 1.48. The number of nitrogens with one attached hydrogen (secondary N) is 2. The van der Waals surface area contributed by atoms with Crippen molar-refractivity contribution in [1.29, 1.82) is 0 Å². The number of rotatable bonds is 6. The molecule has 0 aliphatic carbocycles. The summed E-state index contributed by atoms with van der Waals surface area (Å²) in [6, 6.07) is 2.25. The highest BCUT2D eigenvalue weighted by Crippen LogP contribution is 2.16. The number of nitrogens with zero attached hydrogens (tertiary/aromatic N) is 1. The fourth-order valence-electron chi connectivity index (χ4n) is 1.62. The van der Waals surface area contributed by atoms with Crippen LogP contribution < -0.4 is 10.0 Å². The number of carbonyl (C=O) groups is 1. The van der Waals surface area contributed by atoms with E-state index in [1.807, 2.05) is 6.92 Å². The van der Waals surface area contributed by atoms with E-state index in [1.165, 1.54) is 11.3 Å². The average Bonchev–Trinajstić information content (AvgIpc) is 2.86. The number of anilines is 1. The minimum Gasteiger partial charge on any atom is -0.302 e. The number of aromatic nitrogens is 1. The fourth-order valence-corrected chi connectivity index (χ4v) is 3.34. The minimum atomic E-state index is -4.01. The Morgan fingerprint density at radius 3 is 2.65 bits per heavy atom. The van der Waals surface area contributed by atoms with Crippen LogP contribution >= 0.6 is 11.3 Å². The molecule has 0 fully saturated rings. The van der Waals surface area contributed by atoms with Gasteiger partial charge in [0.2, 0.25) is 15.9 Å². The Kier molecular flexibility index (Phi) is 5.39. The third-order valence-electron chi connectivity index (χ3n) is 2.71. The highest BCUT2D eigenvalue weighted by Gasteiger charge is 2.16. The number of thiazole rings is 1. The zero-order valence-electron chi connectivity index (χ0n) is 12.0. The van der Waals surface area contributed by atoms with Crippen LogP contribution in [0.5, 0.6) is 0 Å². The van der Waals surface area contributed by atoms with Crippen LogP contribution in [0.1, 0.15) is 11.3 Å².